The normalized spacial score (nSPS) is 28.7. The van der Waals surface area contributed by atoms with Gasteiger partial charge in [0, 0.05) is 19.5 Å². The van der Waals surface area contributed by atoms with Crippen LogP contribution in [0.5, 0.6) is 0 Å². The number of fused-ring (bicyclic) bond motifs is 1. The third kappa shape index (κ3) is 1.90. The monoisotopic (exact) mass is 218 g/mol. The second-order valence-electron chi connectivity index (χ2n) is 3.18. The van der Waals surface area contributed by atoms with E-state index in [1.807, 2.05) is 17.4 Å². The molecule has 80 valence electrons. The Bertz CT molecular complexity index is 256. The van der Waals surface area contributed by atoms with Crippen molar-refractivity contribution in [2.24, 2.45) is 16.6 Å². The first-order valence-electron chi connectivity index (χ1n) is 4.34. The van der Waals surface area contributed by atoms with Crippen LogP contribution in [0.1, 0.15) is 0 Å². The van der Waals surface area contributed by atoms with Crippen LogP contribution in [0.4, 0.5) is 0 Å². The summed E-state index contributed by atoms with van der Waals surface area (Å²) in [5.41, 5.74) is 10.2. The Morgan fingerprint density at radius 2 is 2.50 bits per heavy atom. The molecule has 0 bridgehead atoms. The number of nitrogens with one attached hydrogen (secondary N) is 1. The van der Waals surface area contributed by atoms with Crippen LogP contribution in [0.15, 0.2) is 16.9 Å². The minimum Gasteiger partial charge on any atom is -0.383 e. The van der Waals surface area contributed by atoms with Gasteiger partial charge in [0.25, 0.3) is 0 Å². The van der Waals surface area contributed by atoms with Gasteiger partial charge in [-0.3, -0.25) is 4.99 Å². The molecule has 2 atom stereocenters. The van der Waals surface area contributed by atoms with Gasteiger partial charge in [0.15, 0.2) is 0 Å². The average molecular weight is 219 g/mol. The first-order chi connectivity index (χ1) is 6.33. The molecule has 3 N–H and O–H groups in total. The maximum absolute atomic E-state index is 5.86. The zero-order chi connectivity index (χ0) is 9.26. The molecule has 0 saturated carbocycles. The molecule has 1 saturated heterocycles. The van der Waals surface area contributed by atoms with Crippen LogP contribution in [0.2, 0.25) is 0 Å². The Labute approximate surface area is 89.4 Å². The molecule has 0 radical (unpaired) electrons. The summed E-state index contributed by atoms with van der Waals surface area (Å²) in [6.07, 6.45) is 3.68. The summed E-state index contributed by atoms with van der Waals surface area (Å²) in [4.78, 5) is 4.09. The lowest BCUT2D eigenvalue weighted by molar-refractivity contribution is 0.148. The molecule has 6 heteroatoms. The van der Waals surface area contributed by atoms with Crippen LogP contribution >= 0.6 is 12.4 Å². The number of methoxy groups -OCH3 is 1. The Morgan fingerprint density at radius 1 is 1.71 bits per heavy atom. The number of hydrogen-bond acceptors (Lipinski definition) is 5. The minimum atomic E-state index is -0.0469. The van der Waals surface area contributed by atoms with E-state index in [1.165, 1.54) is 0 Å². The van der Waals surface area contributed by atoms with E-state index in [-0.39, 0.29) is 24.5 Å². The molecule has 0 amide bonds. The smallest absolute Gasteiger partial charge is 0.0862 e. The van der Waals surface area contributed by atoms with E-state index in [2.05, 4.69) is 10.4 Å². The summed E-state index contributed by atoms with van der Waals surface area (Å²) < 4.78 is 5.00. The molecule has 0 aromatic heterocycles. The topological polar surface area (TPSA) is 62.9 Å². The van der Waals surface area contributed by atoms with E-state index in [1.54, 1.807) is 7.11 Å². The highest BCUT2D eigenvalue weighted by Crippen LogP contribution is 2.25. The third-order valence-corrected chi connectivity index (χ3v) is 2.32. The van der Waals surface area contributed by atoms with Crippen LogP contribution < -0.4 is 11.2 Å². The van der Waals surface area contributed by atoms with Crippen LogP contribution in [-0.2, 0) is 4.74 Å². The molecule has 0 aromatic carbocycles. The molecule has 2 aliphatic rings. The van der Waals surface area contributed by atoms with Crippen molar-refractivity contribution in [3.05, 3.63) is 11.9 Å². The van der Waals surface area contributed by atoms with Gasteiger partial charge in [-0.2, -0.15) is 0 Å². The lowest BCUT2D eigenvalue weighted by atomic mass is 10.1. The molecule has 0 aromatic rings. The van der Waals surface area contributed by atoms with E-state index in [0.717, 1.165) is 12.2 Å². The van der Waals surface area contributed by atoms with Gasteiger partial charge in [-0.05, 0) is 0 Å². The number of ether oxygens (including phenoxy) is 1. The Hall–Kier alpha value is -0.620. The molecule has 2 unspecified atom stereocenters. The Kier molecular flexibility index (Phi) is 3.88. The van der Waals surface area contributed by atoms with Crippen molar-refractivity contribution in [1.82, 2.24) is 10.4 Å². The van der Waals surface area contributed by atoms with Crippen molar-refractivity contribution in [3.8, 4) is 0 Å². The molecule has 14 heavy (non-hydrogen) atoms. The SMILES string of the molecule is COCCN1NC(N)C2C=NC=C21.Cl. The predicted octanol–water partition coefficient (Wildman–Crippen LogP) is -0.298. The van der Waals surface area contributed by atoms with E-state index >= 15 is 0 Å². The first kappa shape index (κ1) is 11.5. The van der Waals surface area contributed by atoms with Gasteiger partial charge in [-0.25, -0.2) is 5.43 Å². The molecule has 2 aliphatic heterocycles. The van der Waals surface area contributed by atoms with Crippen molar-refractivity contribution in [3.63, 3.8) is 0 Å². The van der Waals surface area contributed by atoms with Gasteiger partial charge in [0.2, 0.25) is 0 Å². The van der Waals surface area contributed by atoms with Crippen molar-refractivity contribution in [1.29, 1.82) is 0 Å². The highest BCUT2D eigenvalue weighted by molar-refractivity contribution is 5.85. The number of aliphatic imine (C=N–C) groups is 1. The van der Waals surface area contributed by atoms with Gasteiger partial charge in [0.05, 0.1) is 30.9 Å². The van der Waals surface area contributed by atoms with E-state index in [0.29, 0.717) is 6.61 Å². The lowest BCUT2D eigenvalue weighted by Gasteiger charge is -2.18. The number of hydrogen-bond donors (Lipinski definition) is 2. The molecule has 1 fully saturated rings. The number of hydrazine groups is 1. The highest BCUT2D eigenvalue weighted by Gasteiger charge is 2.34. The summed E-state index contributed by atoms with van der Waals surface area (Å²) in [5.74, 6) is 0.233. The minimum absolute atomic E-state index is 0. The van der Waals surface area contributed by atoms with Crippen LogP contribution in [-0.4, -0.2) is 37.7 Å². The zero-order valence-corrected chi connectivity index (χ0v) is 8.83. The first-order valence-corrected chi connectivity index (χ1v) is 4.34. The van der Waals surface area contributed by atoms with Crippen molar-refractivity contribution < 1.29 is 4.74 Å². The second kappa shape index (κ2) is 4.75. The lowest BCUT2D eigenvalue weighted by Crippen LogP contribution is -2.42. The third-order valence-electron chi connectivity index (χ3n) is 2.32. The predicted molar refractivity (Wildman–Crippen MR) is 57.0 cm³/mol. The van der Waals surface area contributed by atoms with E-state index in [9.17, 15) is 0 Å². The van der Waals surface area contributed by atoms with Gasteiger partial charge in [-0.15, -0.1) is 12.4 Å². The van der Waals surface area contributed by atoms with E-state index < -0.39 is 0 Å². The molecule has 5 nitrogen and oxygen atoms in total. The van der Waals surface area contributed by atoms with Crippen molar-refractivity contribution in [2.45, 2.75) is 6.17 Å². The molecule has 0 aliphatic carbocycles. The maximum atomic E-state index is 5.86. The van der Waals surface area contributed by atoms with Gasteiger partial charge >= 0.3 is 0 Å². The zero-order valence-electron chi connectivity index (χ0n) is 8.01. The quantitative estimate of drug-likeness (QED) is 0.683. The Morgan fingerprint density at radius 3 is 3.21 bits per heavy atom. The molecular formula is C8H15ClN4O. The fraction of sp³-hybridized carbons (Fsp3) is 0.625. The summed E-state index contributed by atoms with van der Waals surface area (Å²) in [6.45, 7) is 1.49. The summed E-state index contributed by atoms with van der Waals surface area (Å²) >= 11 is 0. The van der Waals surface area contributed by atoms with Crippen LogP contribution in [0.25, 0.3) is 0 Å². The molecule has 0 spiro atoms. The number of nitrogens with two attached hydrogens (primary N) is 1. The highest BCUT2D eigenvalue weighted by atomic mass is 35.5. The number of halogens is 1. The van der Waals surface area contributed by atoms with Gasteiger partial charge < -0.3 is 15.5 Å². The largest absolute Gasteiger partial charge is 0.383 e. The fourth-order valence-corrected chi connectivity index (χ4v) is 1.61. The Balaban J connectivity index is 0.000000980. The molecule has 2 rings (SSSR count). The molecule has 2 heterocycles. The summed E-state index contributed by atoms with van der Waals surface area (Å²) in [7, 11) is 1.69. The second-order valence-corrected chi connectivity index (χ2v) is 3.18. The summed E-state index contributed by atoms with van der Waals surface area (Å²) in [6, 6.07) is 0. The van der Waals surface area contributed by atoms with Gasteiger partial charge in [0.1, 0.15) is 0 Å². The van der Waals surface area contributed by atoms with Crippen molar-refractivity contribution in [2.75, 3.05) is 20.3 Å². The number of rotatable bonds is 3. The van der Waals surface area contributed by atoms with Crippen LogP contribution in [0.3, 0.4) is 0 Å². The standard InChI is InChI=1S/C8H14N4O.ClH/c1-13-3-2-12-7-5-10-4-6(7)8(9)11-12;/h4-6,8,11H,2-3,9H2,1H3;1H. The summed E-state index contributed by atoms with van der Waals surface area (Å²) in [5, 5.41) is 2.01. The fourth-order valence-electron chi connectivity index (χ4n) is 1.61. The van der Waals surface area contributed by atoms with Crippen molar-refractivity contribution >= 4 is 18.6 Å². The van der Waals surface area contributed by atoms with E-state index in [4.69, 9.17) is 10.5 Å². The average Bonchev–Trinajstić information content (AvgIpc) is 2.67. The van der Waals surface area contributed by atoms with Gasteiger partial charge in [-0.1, -0.05) is 0 Å². The number of nitrogens with zero attached hydrogens (tertiary/aromatic N) is 2. The maximum Gasteiger partial charge on any atom is 0.0862 e. The van der Waals surface area contributed by atoms with Crippen LogP contribution in [0, 0.1) is 5.92 Å². The molecular weight excluding hydrogens is 204 g/mol.